The Kier molecular flexibility index (Phi) is 3.52. The van der Waals surface area contributed by atoms with Crippen LogP contribution >= 0.6 is 11.6 Å². The van der Waals surface area contributed by atoms with E-state index in [-0.39, 0.29) is 6.04 Å². The van der Waals surface area contributed by atoms with Crippen LogP contribution in [0, 0.1) is 0 Å². The first-order valence-corrected chi connectivity index (χ1v) is 6.00. The molecule has 1 aromatic carbocycles. The molecule has 1 aromatic heterocycles. The minimum atomic E-state index is 0.261. The van der Waals surface area contributed by atoms with Crippen LogP contribution in [-0.2, 0) is 6.42 Å². The number of benzene rings is 1. The quantitative estimate of drug-likeness (QED) is 0.880. The predicted octanol–water partition coefficient (Wildman–Crippen LogP) is 3.76. The van der Waals surface area contributed by atoms with Crippen LogP contribution in [0.5, 0.6) is 0 Å². The lowest BCUT2D eigenvalue weighted by Crippen LogP contribution is -2.18. The minimum Gasteiger partial charge on any atom is -0.461 e. The number of halogens is 1. The average molecular weight is 238 g/mol. The average Bonchev–Trinajstić information content (AvgIpc) is 2.67. The van der Waals surface area contributed by atoms with E-state index in [4.69, 9.17) is 21.8 Å². The van der Waals surface area contributed by atoms with Crippen LogP contribution in [-0.4, -0.2) is 6.04 Å². The molecule has 0 aliphatic heterocycles. The highest BCUT2D eigenvalue weighted by atomic mass is 35.5. The first-order chi connectivity index (χ1) is 7.69. The lowest BCUT2D eigenvalue weighted by atomic mass is 10.1. The van der Waals surface area contributed by atoms with Crippen molar-refractivity contribution < 1.29 is 4.42 Å². The van der Waals surface area contributed by atoms with E-state index in [0.29, 0.717) is 0 Å². The van der Waals surface area contributed by atoms with Gasteiger partial charge in [-0.25, -0.2) is 0 Å². The SMILES string of the molecule is CCC(N)CCc1cc2cc(Cl)ccc2o1. The molecule has 0 radical (unpaired) electrons. The predicted molar refractivity (Wildman–Crippen MR) is 67.8 cm³/mol. The summed E-state index contributed by atoms with van der Waals surface area (Å²) in [5, 5.41) is 1.80. The molecule has 1 atom stereocenters. The molecule has 2 aromatic rings. The Hall–Kier alpha value is -0.990. The highest BCUT2D eigenvalue weighted by Crippen LogP contribution is 2.23. The van der Waals surface area contributed by atoms with Crippen LogP contribution in [0.15, 0.2) is 28.7 Å². The third-order valence-corrected chi connectivity index (χ3v) is 3.05. The Morgan fingerprint density at radius 3 is 2.94 bits per heavy atom. The summed E-state index contributed by atoms with van der Waals surface area (Å²) >= 11 is 5.92. The Morgan fingerprint density at radius 2 is 2.19 bits per heavy atom. The van der Waals surface area contributed by atoms with Gasteiger partial charge in [0.2, 0.25) is 0 Å². The zero-order valence-corrected chi connectivity index (χ0v) is 10.1. The van der Waals surface area contributed by atoms with Gasteiger partial charge in [0.15, 0.2) is 0 Å². The second-order valence-electron chi connectivity index (χ2n) is 4.10. The molecule has 0 aliphatic rings. The normalized spacial score (nSPS) is 13.2. The summed E-state index contributed by atoms with van der Waals surface area (Å²) in [6.07, 6.45) is 2.86. The van der Waals surface area contributed by atoms with Crippen LogP contribution in [0.4, 0.5) is 0 Å². The zero-order chi connectivity index (χ0) is 11.5. The summed E-state index contributed by atoms with van der Waals surface area (Å²) in [6.45, 7) is 2.10. The van der Waals surface area contributed by atoms with Crippen molar-refractivity contribution in [2.75, 3.05) is 0 Å². The van der Waals surface area contributed by atoms with Gasteiger partial charge in [-0.3, -0.25) is 0 Å². The van der Waals surface area contributed by atoms with Crippen molar-refractivity contribution in [1.29, 1.82) is 0 Å². The number of hydrogen-bond acceptors (Lipinski definition) is 2. The molecule has 0 fully saturated rings. The Morgan fingerprint density at radius 1 is 1.38 bits per heavy atom. The monoisotopic (exact) mass is 237 g/mol. The second kappa shape index (κ2) is 4.89. The highest BCUT2D eigenvalue weighted by Gasteiger charge is 2.06. The van der Waals surface area contributed by atoms with E-state index in [1.165, 1.54) is 0 Å². The maximum absolute atomic E-state index is 5.92. The number of fused-ring (bicyclic) bond motifs is 1. The van der Waals surface area contributed by atoms with Gasteiger partial charge in [-0.05, 0) is 37.1 Å². The number of furan rings is 1. The summed E-state index contributed by atoms with van der Waals surface area (Å²) in [6, 6.07) is 7.97. The minimum absolute atomic E-state index is 0.261. The molecule has 0 saturated carbocycles. The van der Waals surface area contributed by atoms with Gasteiger partial charge in [0.25, 0.3) is 0 Å². The van der Waals surface area contributed by atoms with Crippen molar-refractivity contribution in [3.8, 4) is 0 Å². The van der Waals surface area contributed by atoms with Gasteiger partial charge in [-0.1, -0.05) is 18.5 Å². The summed E-state index contributed by atoms with van der Waals surface area (Å²) in [5.74, 6) is 0.987. The molecule has 2 N–H and O–H groups in total. The van der Waals surface area contributed by atoms with Gasteiger partial charge in [0.1, 0.15) is 11.3 Å². The summed E-state index contributed by atoms with van der Waals surface area (Å²) < 4.78 is 5.70. The number of aryl methyl sites for hydroxylation is 1. The Labute approximate surface area is 100 Å². The smallest absolute Gasteiger partial charge is 0.134 e. The third-order valence-electron chi connectivity index (χ3n) is 2.82. The van der Waals surface area contributed by atoms with Crippen molar-refractivity contribution >= 4 is 22.6 Å². The van der Waals surface area contributed by atoms with Crippen molar-refractivity contribution in [2.24, 2.45) is 5.73 Å². The van der Waals surface area contributed by atoms with Gasteiger partial charge >= 0.3 is 0 Å². The summed E-state index contributed by atoms with van der Waals surface area (Å²) in [4.78, 5) is 0. The van der Waals surface area contributed by atoms with Gasteiger partial charge in [-0.15, -0.1) is 0 Å². The van der Waals surface area contributed by atoms with Crippen LogP contribution in [0.3, 0.4) is 0 Å². The maximum atomic E-state index is 5.92. The molecule has 0 spiro atoms. The van der Waals surface area contributed by atoms with Gasteiger partial charge in [-0.2, -0.15) is 0 Å². The van der Waals surface area contributed by atoms with Crippen molar-refractivity contribution in [3.05, 3.63) is 35.0 Å². The van der Waals surface area contributed by atoms with Crippen molar-refractivity contribution in [2.45, 2.75) is 32.2 Å². The first kappa shape index (κ1) is 11.5. The number of nitrogens with two attached hydrogens (primary N) is 1. The number of hydrogen-bond donors (Lipinski definition) is 1. The van der Waals surface area contributed by atoms with E-state index in [9.17, 15) is 0 Å². The molecule has 1 heterocycles. The largest absolute Gasteiger partial charge is 0.461 e. The second-order valence-corrected chi connectivity index (χ2v) is 4.54. The van der Waals surface area contributed by atoms with Crippen LogP contribution in [0.25, 0.3) is 11.0 Å². The fourth-order valence-corrected chi connectivity index (χ4v) is 1.90. The molecule has 0 aliphatic carbocycles. The molecule has 1 unspecified atom stereocenters. The van der Waals surface area contributed by atoms with E-state index in [2.05, 4.69) is 6.92 Å². The van der Waals surface area contributed by atoms with Gasteiger partial charge in [0, 0.05) is 22.9 Å². The highest BCUT2D eigenvalue weighted by molar-refractivity contribution is 6.31. The Bertz CT molecular complexity index is 478. The molecule has 16 heavy (non-hydrogen) atoms. The van der Waals surface area contributed by atoms with E-state index in [1.807, 2.05) is 24.3 Å². The lowest BCUT2D eigenvalue weighted by molar-refractivity contribution is 0.507. The third kappa shape index (κ3) is 2.57. The summed E-state index contributed by atoms with van der Waals surface area (Å²) in [7, 11) is 0. The Balaban J connectivity index is 2.13. The van der Waals surface area contributed by atoms with E-state index in [0.717, 1.165) is 41.0 Å². The molecule has 86 valence electrons. The van der Waals surface area contributed by atoms with Gasteiger partial charge < -0.3 is 10.2 Å². The number of rotatable bonds is 4. The maximum Gasteiger partial charge on any atom is 0.134 e. The van der Waals surface area contributed by atoms with E-state index in [1.54, 1.807) is 0 Å². The van der Waals surface area contributed by atoms with Gasteiger partial charge in [0.05, 0.1) is 0 Å². The van der Waals surface area contributed by atoms with Crippen LogP contribution in [0.1, 0.15) is 25.5 Å². The summed E-state index contributed by atoms with van der Waals surface area (Å²) in [5.41, 5.74) is 6.77. The van der Waals surface area contributed by atoms with E-state index >= 15 is 0 Å². The molecule has 2 rings (SSSR count). The topological polar surface area (TPSA) is 39.2 Å². The van der Waals surface area contributed by atoms with Crippen molar-refractivity contribution in [3.63, 3.8) is 0 Å². The molecular weight excluding hydrogens is 222 g/mol. The fraction of sp³-hybridized carbons (Fsp3) is 0.385. The zero-order valence-electron chi connectivity index (χ0n) is 9.37. The van der Waals surface area contributed by atoms with Crippen LogP contribution in [0.2, 0.25) is 5.02 Å². The lowest BCUT2D eigenvalue weighted by Gasteiger charge is -2.05. The molecule has 0 bridgehead atoms. The van der Waals surface area contributed by atoms with Crippen molar-refractivity contribution in [1.82, 2.24) is 0 Å². The standard InChI is InChI=1S/C13H16ClNO/c1-2-11(15)4-5-12-8-9-7-10(14)3-6-13(9)16-12/h3,6-8,11H,2,4-5,15H2,1H3. The molecule has 2 nitrogen and oxygen atoms in total. The molecule has 3 heteroatoms. The van der Waals surface area contributed by atoms with E-state index < -0.39 is 0 Å². The first-order valence-electron chi connectivity index (χ1n) is 5.62. The fourth-order valence-electron chi connectivity index (χ4n) is 1.72. The molecular formula is C13H16ClNO. The molecule has 0 amide bonds. The molecule has 0 saturated heterocycles. The van der Waals surface area contributed by atoms with Crippen LogP contribution < -0.4 is 5.73 Å².